The number of hydrogen-bond donors (Lipinski definition) is 2. The molecule has 0 unspecified atom stereocenters. The van der Waals surface area contributed by atoms with Crippen LogP contribution in [-0.2, 0) is 43.2 Å². The molecule has 1 saturated carbocycles. The molecule has 4 atom stereocenters. The molecule has 2 aromatic carbocycles. The van der Waals surface area contributed by atoms with Gasteiger partial charge in [-0.05, 0) is 104 Å². The van der Waals surface area contributed by atoms with Crippen molar-refractivity contribution in [1.82, 2.24) is 13.9 Å². The van der Waals surface area contributed by atoms with Gasteiger partial charge in [0, 0.05) is 51.9 Å². The van der Waals surface area contributed by atoms with Gasteiger partial charge in [0.1, 0.15) is 12.4 Å². The van der Waals surface area contributed by atoms with Crippen LogP contribution in [0.4, 0.5) is 5.69 Å². The van der Waals surface area contributed by atoms with Gasteiger partial charge < -0.3 is 24.4 Å². The second kappa shape index (κ2) is 16.2. The third-order valence-corrected chi connectivity index (χ3v) is 12.8. The standard InChI is InChI=1S/C38H51ClN4O7S/c1-41-18-8-5-11-34(49-2)32-16-13-28(32)25-42-19-9-4-10-27-22-31(39)15-12-29(27)26-50-35-17-14-30(23-33(35)42)38(46,24-36(41)44)37(45)40-51(47,48)43-20-6-3-7-21-43/h5,11-12,14-15,17,22-23,28,32,34,46H,3-4,6-10,13,16,18-21,24-26H2,1-2H3,(H,40,45)/b11-5+/t28-,32+,34-,38+/m0/s1. The van der Waals surface area contributed by atoms with Gasteiger partial charge in [0.25, 0.3) is 5.91 Å². The molecule has 1 saturated heterocycles. The van der Waals surface area contributed by atoms with Crippen molar-refractivity contribution in [2.24, 2.45) is 11.8 Å². The molecule has 11 nitrogen and oxygen atoms in total. The number of rotatable bonds is 4. The van der Waals surface area contributed by atoms with E-state index in [1.54, 1.807) is 32.4 Å². The van der Waals surface area contributed by atoms with Crippen LogP contribution in [0.3, 0.4) is 0 Å². The number of nitrogens with one attached hydrogen (secondary N) is 1. The van der Waals surface area contributed by atoms with Gasteiger partial charge in [0.15, 0.2) is 5.60 Å². The van der Waals surface area contributed by atoms with Crippen molar-refractivity contribution in [3.8, 4) is 5.75 Å². The van der Waals surface area contributed by atoms with Crippen molar-refractivity contribution < 1.29 is 32.6 Å². The van der Waals surface area contributed by atoms with Crippen LogP contribution in [-0.4, -0.2) is 87.5 Å². The molecule has 3 aliphatic heterocycles. The molecule has 2 N–H and O–H groups in total. The second-order valence-electron chi connectivity index (χ2n) is 14.5. The number of halogens is 1. The molecule has 2 fully saturated rings. The molecule has 2 bridgehead atoms. The monoisotopic (exact) mass is 742 g/mol. The fourth-order valence-electron chi connectivity index (χ4n) is 7.79. The fraction of sp³-hybridized carbons (Fsp3) is 0.579. The Morgan fingerprint density at radius 2 is 1.80 bits per heavy atom. The lowest BCUT2D eigenvalue weighted by atomic mass is 9.70. The van der Waals surface area contributed by atoms with E-state index < -0.39 is 34.0 Å². The highest BCUT2D eigenvalue weighted by atomic mass is 35.5. The maximum absolute atomic E-state index is 14.1. The highest BCUT2D eigenvalue weighted by Gasteiger charge is 2.45. The van der Waals surface area contributed by atoms with Crippen molar-refractivity contribution in [2.75, 3.05) is 51.8 Å². The molecule has 6 rings (SSSR count). The first-order valence-electron chi connectivity index (χ1n) is 18.3. The molecule has 0 aromatic heterocycles. The average molecular weight is 743 g/mol. The second-order valence-corrected chi connectivity index (χ2v) is 16.6. The van der Waals surface area contributed by atoms with E-state index in [1.807, 2.05) is 24.3 Å². The van der Waals surface area contributed by atoms with E-state index in [0.29, 0.717) is 67.2 Å². The van der Waals surface area contributed by atoms with Crippen LogP contribution >= 0.6 is 11.6 Å². The van der Waals surface area contributed by atoms with E-state index in [9.17, 15) is 23.1 Å². The quantitative estimate of drug-likeness (QED) is 0.422. The van der Waals surface area contributed by atoms with Crippen LogP contribution in [0.25, 0.3) is 0 Å². The molecule has 0 spiro atoms. The lowest BCUT2D eigenvalue weighted by Crippen LogP contribution is -2.53. The number of aryl methyl sites for hydroxylation is 1. The number of ether oxygens (including phenoxy) is 2. The van der Waals surface area contributed by atoms with Gasteiger partial charge in [0.2, 0.25) is 5.91 Å². The molecule has 278 valence electrons. The number of fused-ring (bicyclic) bond motifs is 3. The number of aliphatic hydroxyl groups is 1. The summed E-state index contributed by atoms with van der Waals surface area (Å²) in [5, 5.41) is 13.1. The largest absolute Gasteiger partial charge is 0.487 e. The zero-order valence-corrected chi connectivity index (χ0v) is 31.3. The molecule has 4 aliphatic rings. The van der Waals surface area contributed by atoms with Crippen LogP contribution in [0, 0.1) is 11.8 Å². The van der Waals surface area contributed by atoms with Crippen molar-refractivity contribution in [3.63, 3.8) is 0 Å². The van der Waals surface area contributed by atoms with Gasteiger partial charge in [-0.15, -0.1) is 0 Å². The highest BCUT2D eigenvalue weighted by Crippen LogP contribution is 2.43. The molecule has 2 amide bonds. The Bertz CT molecular complexity index is 1720. The number of amides is 2. The number of nitrogens with zero attached hydrogens (tertiary/aromatic N) is 3. The van der Waals surface area contributed by atoms with Crippen LogP contribution in [0.5, 0.6) is 5.75 Å². The summed E-state index contributed by atoms with van der Waals surface area (Å²) >= 11 is 6.37. The maximum Gasteiger partial charge on any atom is 0.303 e. The lowest BCUT2D eigenvalue weighted by molar-refractivity contribution is -0.148. The van der Waals surface area contributed by atoms with E-state index in [0.717, 1.165) is 49.7 Å². The molecule has 13 heteroatoms. The predicted molar refractivity (Wildman–Crippen MR) is 197 cm³/mol. The summed E-state index contributed by atoms with van der Waals surface area (Å²) in [5.74, 6) is -0.461. The smallest absolute Gasteiger partial charge is 0.303 e. The molecule has 51 heavy (non-hydrogen) atoms. The Morgan fingerprint density at radius 3 is 2.55 bits per heavy atom. The van der Waals surface area contributed by atoms with Crippen LogP contribution < -0.4 is 14.4 Å². The van der Waals surface area contributed by atoms with E-state index in [4.69, 9.17) is 21.1 Å². The number of methoxy groups -OCH3 is 1. The Morgan fingerprint density at radius 1 is 1.02 bits per heavy atom. The molecule has 3 heterocycles. The number of benzene rings is 2. The van der Waals surface area contributed by atoms with Gasteiger partial charge in [-0.25, -0.2) is 4.72 Å². The molecular weight excluding hydrogens is 692 g/mol. The molecule has 0 radical (unpaired) electrons. The van der Waals surface area contributed by atoms with E-state index in [-0.39, 0.29) is 31.4 Å². The van der Waals surface area contributed by atoms with E-state index in [2.05, 4.69) is 15.7 Å². The van der Waals surface area contributed by atoms with Crippen LogP contribution in [0.15, 0.2) is 48.6 Å². The molecule has 2 aromatic rings. The molecule has 1 aliphatic carbocycles. The highest BCUT2D eigenvalue weighted by molar-refractivity contribution is 7.87. The third-order valence-electron chi connectivity index (χ3n) is 11.1. The van der Waals surface area contributed by atoms with Crippen molar-refractivity contribution in [1.29, 1.82) is 0 Å². The lowest BCUT2D eigenvalue weighted by Gasteiger charge is -2.43. The average Bonchev–Trinajstić information content (AvgIpc) is 3.14. The van der Waals surface area contributed by atoms with Gasteiger partial charge in [-0.2, -0.15) is 12.7 Å². The minimum Gasteiger partial charge on any atom is -0.487 e. The number of anilines is 1. The maximum atomic E-state index is 14.1. The Kier molecular flexibility index (Phi) is 12.0. The first-order valence-corrected chi connectivity index (χ1v) is 20.1. The van der Waals surface area contributed by atoms with E-state index >= 15 is 0 Å². The number of hydrogen-bond acceptors (Lipinski definition) is 8. The van der Waals surface area contributed by atoms with Gasteiger partial charge in [-0.3, -0.25) is 9.59 Å². The fourth-order valence-corrected chi connectivity index (χ4v) is 9.26. The molecular formula is C38H51ClN4O7S. The topological polar surface area (TPSA) is 129 Å². The SMILES string of the molecule is CO[C@H]1/C=C/CCN(C)C(=O)C[C@](O)(C(=O)NS(=O)(=O)N2CCCCC2)c2ccc3c(c2)N(CCCCc2cc(Cl)ccc2CO3)C[C@@H]2CC[C@H]21. The summed E-state index contributed by atoms with van der Waals surface area (Å²) in [5.41, 5.74) is 0.475. The van der Waals surface area contributed by atoms with Crippen LogP contribution in [0.2, 0.25) is 5.02 Å². The van der Waals surface area contributed by atoms with Gasteiger partial charge in [0.05, 0.1) is 18.2 Å². The van der Waals surface area contributed by atoms with Crippen molar-refractivity contribution in [2.45, 2.75) is 82.5 Å². The van der Waals surface area contributed by atoms with E-state index in [1.165, 1.54) is 9.21 Å². The zero-order valence-electron chi connectivity index (χ0n) is 29.7. The Balaban J connectivity index is 1.43. The van der Waals surface area contributed by atoms with Crippen LogP contribution in [0.1, 0.15) is 74.5 Å². The predicted octanol–water partition coefficient (Wildman–Crippen LogP) is 4.95. The minimum atomic E-state index is -4.26. The number of carbonyl (C=O) groups excluding carboxylic acids is 2. The normalized spacial score (nSPS) is 27.5. The summed E-state index contributed by atoms with van der Waals surface area (Å²) in [6.45, 7) is 2.58. The van der Waals surface area contributed by atoms with Crippen molar-refractivity contribution in [3.05, 3.63) is 70.3 Å². The number of carbonyl (C=O) groups is 2. The summed E-state index contributed by atoms with van der Waals surface area (Å²) in [6.07, 6.45) is 10.9. The van der Waals surface area contributed by atoms with Gasteiger partial charge >= 0.3 is 10.2 Å². The minimum absolute atomic E-state index is 0.0569. The number of piperidine rings is 1. The third kappa shape index (κ3) is 8.57. The summed E-state index contributed by atoms with van der Waals surface area (Å²) in [7, 11) is -0.904. The zero-order chi connectivity index (χ0) is 36.2. The Hall–Kier alpha value is -3.16. The summed E-state index contributed by atoms with van der Waals surface area (Å²) in [4.78, 5) is 31.5. The first-order chi connectivity index (χ1) is 24.5. The summed E-state index contributed by atoms with van der Waals surface area (Å²) < 4.78 is 42.7. The summed E-state index contributed by atoms with van der Waals surface area (Å²) in [6, 6.07) is 10.8. The Labute approximate surface area is 307 Å². The van der Waals surface area contributed by atoms with Gasteiger partial charge in [-0.1, -0.05) is 42.3 Å². The first kappa shape index (κ1) is 37.6. The van der Waals surface area contributed by atoms with Crippen molar-refractivity contribution >= 4 is 39.3 Å².